The van der Waals surface area contributed by atoms with E-state index in [1.54, 1.807) is 12.1 Å². The van der Waals surface area contributed by atoms with Gasteiger partial charge in [-0.2, -0.15) is 0 Å². The number of aryl methyl sites for hydroxylation is 1. The van der Waals surface area contributed by atoms with E-state index in [0.29, 0.717) is 18.2 Å². The standard InChI is InChI=1S/C13H17BrN2O2/c1-8(2)7-15-12(17)13(18)16-10-4-5-11(14)9(3)6-10/h4-6,8H,7H2,1-3H3,(H,15,17)(H,16,18). The molecule has 0 aliphatic heterocycles. The zero-order valence-electron chi connectivity index (χ0n) is 10.7. The van der Waals surface area contributed by atoms with E-state index in [4.69, 9.17) is 0 Å². The molecule has 0 radical (unpaired) electrons. The molecule has 0 heterocycles. The van der Waals surface area contributed by atoms with Crippen molar-refractivity contribution in [1.29, 1.82) is 0 Å². The summed E-state index contributed by atoms with van der Waals surface area (Å²) in [7, 11) is 0. The third-order valence-electron chi connectivity index (χ3n) is 2.29. The molecule has 1 rings (SSSR count). The third kappa shape index (κ3) is 4.49. The first-order valence-corrected chi connectivity index (χ1v) is 6.54. The molecule has 0 saturated heterocycles. The molecule has 1 aromatic carbocycles. The number of carbonyl (C=O) groups is 2. The van der Waals surface area contributed by atoms with Crippen LogP contribution in [-0.4, -0.2) is 18.4 Å². The maximum atomic E-state index is 11.6. The van der Waals surface area contributed by atoms with Crippen molar-refractivity contribution in [3.63, 3.8) is 0 Å². The molecule has 0 aromatic heterocycles. The van der Waals surface area contributed by atoms with E-state index in [1.165, 1.54) is 0 Å². The zero-order chi connectivity index (χ0) is 13.7. The molecule has 5 heteroatoms. The van der Waals surface area contributed by atoms with Crippen molar-refractivity contribution < 1.29 is 9.59 Å². The van der Waals surface area contributed by atoms with E-state index in [2.05, 4.69) is 26.6 Å². The number of hydrogen-bond acceptors (Lipinski definition) is 2. The zero-order valence-corrected chi connectivity index (χ0v) is 12.3. The molecule has 18 heavy (non-hydrogen) atoms. The summed E-state index contributed by atoms with van der Waals surface area (Å²) in [6.07, 6.45) is 0. The molecular weight excluding hydrogens is 296 g/mol. The van der Waals surface area contributed by atoms with Gasteiger partial charge in [0.15, 0.2) is 0 Å². The van der Waals surface area contributed by atoms with Crippen LogP contribution in [0.15, 0.2) is 22.7 Å². The maximum absolute atomic E-state index is 11.6. The van der Waals surface area contributed by atoms with E-state index in [1.807, 2.05) is 26.8 Å². The molecule has 1 aromatic rings. The van der Waals surface area contributed by atoms with Crippen LogP contribution in [0.3, 0.4) is 0 Å². The van der Waals surface area contributed by atoms with Gasteiger partial charge in [-0.15, -0.1) is 0 Å². The molecule has 0 atom stereocenters. The van der Waals surface area contributed by atoms with Gasteiger partial charge in [0.1, 0.15) is 0 Å². The van der Waals surface area contributed by atoms with Gasteiger partial charge in [-0.05, 0) is 36.6 Å². The molecule has 0 spiro atoms. The van der Waals surface area contributed by atoms with Gasteiger partial charge in [-0.1, -0.05) is 29.8 Å². The highest BCUT2D eigenvalue weighted by Gasteiger charge is 2.13. The van der Waals surface area contributed by atoms with Gasteiger partial charge in [-0.25, -0.2) is 0 Å². The van der Waals surface area contributed by atoms with Gasteiger partial charge in [0.25, 0.3) is 0 Å². The minimum atomic E-state index is -0.641. The van der Waals surface area contributed by atoms with Crippen molar-refractivity contribution in [2.45, 2.75) is 20.8 Å². The topological polar surface area (TPSA) is 58.2 Å². The van der Waals surface area contributed by atoms with Gasteiger partial charge in [0, 0.05) is 16.7 Å². The van der Waals surface area contributed by atoms with Crippen LogP contribution in [0, 0.1) is 12.8 Å². The van der Waals surface area contributed by atoms with Crippen LogP contribution in [0.5, 0.6) is 0 Å². The summed E-state index contributed by atoms with van der Waals surface area (Å²) in [5.41, 5.74) is 1.61. The normalized spacial score (nSPS) is 10.3. The van der Waals surface area contributed by atoms with Crippen molar-refractivity contribution in [2.24, 2.45) is 5.92 Å². The smallest absolute Gasteiger partial charge is 0.313 e. The number of rotatable bonds is 3. The molecule has 0 unspecified atom stereocenters. The Morgan fingerprint density at radius 1 is 1.28 bits per heavy atom. The summed E-state index contributed by atoms with van der Waals surface area (Å²) in [5, 5.41) is 5.13. The van der Waals surface area contributed by atoms with Gasteiger partial charge in [-0.3, -0.25) is 9.59 Å². The average molecular weight is 313 g/mol. The Morgan fingerprint density at radius 3 is 2.50 bits per heavy atom. The highest BCUT2D eigenvalue weighted by Crippen LogP contribution is 2.19. The molecule has 0 aliphatic carbocycles. The first-order chi connectivity index (χ1) is 8.40. The molecule has 0 fully saturated rings. The lowest BCUT2D eigenvalue weighted by molar-refractivity contribution is -0.136. The minimum Gasteiger partial charge on any atom is -0.348 e. The lowest BCUT2D eigenvalue weighted by atomic mass is 10.2. The molecule has 2 amide bonds. The lowest BCUT2D eigenvalue weighted by Gasteiger charge is -2.09. The van der Waals surface area contributed by atoms with Crippen molar-refractivity contribution in [2.75, 3.05) is 11.9 Å². The van der Waals surface area contributed by atoms with E-state index in [9.17, 15) is 9.59 Å². The molecule has 2 N–H and O–H groups in total. The molecular formula is C13H17BrN2O2. The number of anilines is 1. The number of nitrogens with one attached hydrogen (secondary N) is 2. The van der Waals surface area contributed by atoms with Gasteiger partial charge in [0.2, 0.25) is 0 Å². The number of carbonyl (C=O) groups excluding carboxylic acids is 2. The van der Waals surface area contributed by atoms with Crippen molar-refractivity contribution in [3.8, 4) is 0 Å². The number of benzene rings is 1. The first-order valence-electron chi connectivity index (χ1n) is 5.75. The summed E-state index contributed by atoms with van der Waals surface area (Å²) < 4.78 is 0.963. The summed E-state index contributed by atoms with van der Waals surface area (Å²) in [5.74, 6) is -0.932. The third-order valence-corrected chi connectivity index (χ3v) is 3.18. The van der Waals surface area contributed by atoms with Crippen molar-refractivity contribution in [3.05, 3.63) is 28.2 Å². The largest absolute Gasteiger partial charge is 0.348 e. The fourth-order valence-corrected chi connectivity index (χ4v) is 1.53. The van der Waals surface area contributed by atoms with E-state index >= 15 is 0 Å². The van der Waals surface area contributed by atoms with Crippen LogP contribution >= 0.6 is 15.9 Å². The van der Waals surface area contributed by atoms with Crippen LogP contribution in [0.1, 0.15) is 19.4 Å². The Labute approximate surface area is 115 Å². The predicted molar refractivity (Wildman–Crippen MR) is 75.4 cm³/mol. The Kier molecular flexibility index (Phi) is 5.34. The Balaban J connectivity index is 2.58. The number of hydrogen-bond donors (Lipinski definition) is 2. The van der Waals surface area contributed by atoms with Crippen molar-refractivity contribution >= 4 is 33.4 Å². The first kappa shape index (κ1) is 14.7. The second kappa shape index (κ2) is 6.54. The fourth-order valence-electron chi connectivity index (χ4n) is 1.29. The van der Waals surface area contributed by atoms with E-state index in [0.717, 1.165) is 10.0 Å². The highest BCUT2D eigenvalue weighted by molar-refractivity contribution is 9.10. The maximum Gasteiger partial charge on any atom is 0.313 e. The summed E-state index contributed by atoms with van der Waals surface area (Å²) in [6.45, 7) is 6.34. The Morgan fingerprint density at radius 2 is 1.94 bits per heavy atom. The van der Waals surface area contributed by atoms with Gasteiger partial charge < -0.3 is 10.6 Å². The molecule has 0 saturated carbocycles. The number of halogens is 1. The van der Waals surface area contributed by atoms with Crippen LogP contribution in [0.2, 0.25) is 0 Å². The average Bonchev–Trinajstić information content (AvgIpc) is 2.30. The fraction of sp³-hybridized carbons (Fsp3) is 0.385. The second-order valence-electron chi connectivity index (χ2n) is 4.52. The second-order valence-corrected chi connectivity index (χ2v) is 5.38. The monoisotopic (exact) mass is 312 g/mol. The summed E-state index contributed by atoms with van der Waals surface area (Å²) >= 11 is 3.37. The van der Waals surface area contributed by atoms with Crippen LogP contribution in [0.4, 0.5) is 5.69 Å². The quantitative estimate of drug-likeness (QED) is 0.842. The van der Waals surface area contributed by atoms with Crippen LogP contribution < -0.4 is 10.6 Å². The highest BCUT2D eigenvalue weighted by atomic mass is 79.9. The SMILES string of the molecule is Cc1cc(NC(=O)C(=O)NCC(C)C)ccc1Br. The van der Waals surface area contributed by atoms with E-state index < -0.39 is 11.8 Å². The van der Waals surface area contributed by atoms with E-state index in [-0.39, 0.29) is 0 Å². The van der Waals surface area contributed by atoms with Gasteiger partial charge in [0.05, 0.1) is 0 Å². The molecule has 4 nitrogen and oxygen atoms in total. The molecule has 98 valence electrons. The minimum absolute atomic E-state index is 0.316. The van der Waals surface area contributed by atoms with Gasteiger partial charge >= 0.3 is 11.8 Å². The molecule has 0 bridgehead atoms. The lowest BCUT2D eigenvalue weighted by Crippen LogP contribution is -2.37. The van der Waals surface area contributed by atoms with Crippen molar-refractivity contribution in [1.82, 2.24) is 5.32 Å². The Hall–Kier alpha value is -1.36. The van der Waals surface area contributed by atoms with Crippen LogP contribution in [-0.2, 0) is 9.59 Å². The van der Waals surface area contributed by atoms with Crippen LogP contribution in [0.25, 0.3) is 0 Å². The summed E-state index contributed by atoms with van der Waals surface area (Å²) in [4.78, 5) is 23.1. The number of amides is 2. The molecule has 0 aliphatic rings. The summed E-state index contributed by atoms with van der Waals surface area (Å²) in [6, 6.07) is 5.37. The Bertz CT molecular complexity index is 458. The predicted octanol–water partition coefficient (Wildman–Crippen LogP) is 2.47.